The van der Waals surface area contributed by atoms with Gasteiger partial charge in [0.15, 0.2) is 0 Å². The van der Waals surface area contributed by atoms with Crippen LogP contribution in [0, 0.1) is 0 Å². The van der Waals surface area contributed by atoms with Crippen molar-refractivity contribution < 1.29 is 0 Å². The van der Waals surface area contributed by atoms with E-state index in [1.54, 1.807) is 6.20 Å². The summed E-state index contributed by atoms with van der Waals surface area (Å²) in [5, 5.41) is 6.83. The minimum absolute atomic E-state index is 0.619. The average molecular weight is 166 g/mol. The first-order chi connectivity index (χ1) is 5.42. The first-order valence-corrected chi connectivity index (χ1v) is 3.79. The lowest BCUT2D eigenvalue weighted by atomic mass is 10.4. The van der Waals surface area contributed by atoms with E-state index in [9.17, 15) is 0 Å². The smallest absolute Gasteiger partial charge is 0.129 e. The molecular weight excluding hydrogens is 160 g/mol. The lowest BCUT2D eigenvalue weighted by Crippen LogP contribution is -1.80. The van der Waals surface area contributed by atoms with Crippen molar-refractivity contribution in [1.29, 1.82) is 0 Å². The third kappa shape index (κ3) is 0.970. The summed E-state index contributed by atoms with van der Waals surface area (Å²) in [7, 11) is 0. The number of rotatable bonds is 1. The molecular formula is C6H6N4S. The fourth-order valence-corrected chi connectivity index (χ4v) is 1.15. The Kier molecular flexibility index (Phi) is 1.50. The molecule has 0 saturated carbocycles. The van der Waals surface area contributed by atoms with Crippen molar-refractivity contribution in [3.8, 4) is 0 Å². The fourth-order valence-electron chi connectivity index (χ4n) is 0.928. The van der Waals surface area contributed by atoms with Crippen LogP contribution in [-0.4, -0.2) is 20.2 Å². The van der Waals surface area contributed by atoms with Gasteiger partial charge in [-0.1, -0.05) is 0 Å². The van der Waals surface area contributed by atoms with Gasteiger partial charge in [-0.15, -0.1) is 0 Å². The van der Waals surface area contributed by atoms with Crippen molar-refractivity contribution in [2.45, 2.75) is 5.75 Å². The molecule has 4 nitrogen and oxygen atoms in total. The normalized spacial score (nSPS) is 10.6. The monoisotopic (exact) mass is 166 g/mol. The maximum Gasteiger partial charge on any atom is 0.129 e. The Morgan fingerprint density at radius 2 is 2.45 bits per heavy atom. The van der Waals surface area contributed by atoms with Crippen LogP contribution in [0.5, 0.6) is 0 Å². The Bertz CT molecular complexity index is 369. The van der Waals surface area contributed by atoms with Crippen LogP contribution in [-0.2, 0) is 5.75 Å². The summed E-state index contributed by atoms with van der Waals surface area (Å²) in [6, 6.07) is 0. The highest BCUT2D eigenvalue weighted by molar-refractivity contribution is 7.79. The largest absolute Gasteiger partial charge is 0.279 e. The van der Waals surface area contributed by atoms with Gasteiger partial charge < -0.3 is 0 Å². The molecule has 0 bridgehead atoms. The predicted molar refractivity (Wildman–Crippen MR) is 44.4 cm³/mol. The Balaban J connectivity index is 2.76. The third-order valence-electron chi connectivity index (χ3n) is 1.45. The molecule has 1 N–H and O–H groups in total. The van der Waals surface area contributed by atoms with Crippen molar-refractivity contribution >= 4 is 23.7 Å². The number of hydrogen-bond donors (Lipinski definition) is 2. The van der Waals surface area contributed by atoms with Gasteiger partial charge in [0.05, 0.1) is 11.9 Å². The molecule has 0 spiro atoms. The highest BCUT2D eigenvalue weighted by Gasteiger charge is 2.02. The van der Waals surface area contributed by atoms with Gasteiger partial charge in [-0.2, -0.15) is 17.7 Å². The van der Waals surface area contributed by atoms with Gasteiger partial charge in [-0.3, -0.25) is 5.10 Å². The minimum Gasteiger partial charge on any atom is -0.279 e. The second kappa shape index (κ2) is 2.50. The van der Waals surface area contributed by atoms with Crippen molar-refractivity contribution in [3.05, 3.63) is 18.2 Å². The lowest BCUT2D eigenvalue weighted by Gasteiger charge is -1.87. The molecule has 0 aliphatic carbocycles. The number of H-pyrrole nitrogens is 1. The minimum atomic E-state index is 0.619. The van der Waals surface area contributed by atoms with E-state index in [2.05, 4.69) is 32.8 Å². The van der Waals surface area contributed by atoms with Crippen LogP contribution in [0.15, 0.2) is 12.5 Å². The third-order valence-corrected chi connectivity index (χ3v) is 1.76. The molecule has 0 fully saturated rings. The Hall–Kier alpha value is -1.10. The predicted octanol–water partition coefficient (Wildman–Crippen LogP) is 0.783. The number of hydrogen-bond acceptors (Lipinski definition) is 4. The van der Waals surface area contributed by atoms with Crippen LogP contribution in [0.1, 0.15) is 5.69 Å². The molecule has 2 aromatic rings. The molecule has 2 aromatic heterocycles. The summed E-state index contributed by atoms with van der Waals surface area (Å²) >= 11 is 4.12. The standard InChI is InChI=1S/C6H6N4S/c11-2-5-6-4(9-10-5)1-7-3-8-6/h1,3,11H,2H2,(H,9,10). The van der Waals surface area contributed by atoms with Gasteiger partial charge in [0.2, 0.25) is 0 Å². The second-order valence-corrected chi connectivity index (χ2v) is 2.43. The quantitative estimate of drug-likeness (QED) is 0.615. The lowest BCUT2D eigenvalue weighted by molar-refractivity contribution is 1.06. The van der Waals surface area contributed by atoms with E-state index in [-0.39, 0.29) is 0 Å². The molecule has 11 heavy (non-hydrogen) atoms. The zero-order chi connectivity index (χ0) is 7.68. The molecule has 2 rings (SSSR count). The van der Waals surface area contributed by atoms with Crippen LogP contribution in [0.25, 0.3) is 11.0 Å². The molecule has 0 aliphatic heterocycles. The van der Waals surface area contributed by atoms with E-state index in [1.165, 1.54) is 6.33 Å². The van der Waals surface area contributed by atoms with Gasteiger partial charge in [-0.05, 0) is 0 Å². The Labute approximate surface area is 68.5 Å². The maximum atomic E-state index is 4.12. The molecule has 0 saturated heterocycles. The van der Waals surface area contributed by atoms with Crippen LogP contribution in [0.2, 0.25) is 0 Å². The number of thiol groups is 1. The number of nitrogens with one attached hydrogen (secondary N) is 1. The number of nitrogens with zero attached hydrogens (tertiary/aromatic N) is 3. The summed E-state index contributed by atoms with van der Waals surface area (Å²) < 4.78 is 0. The van der Waals surface area contributed by atoms with Crippen LogP contribution >= 0.6 is 12.6 Å². The average Bonchev–Trinajstić information content (AvgIpc) is 2.47. The Morgan fingerprint density at radius 3 is 3.27 bits per heavy atom. The second-order valence-electron chi connectivity index (χ2n) is 2.12. The Morgan fingerprint density at radius 1 is 1.55 bits per heavy atom. The van der Waals surface area contributed by atoms with E-state index < -0.39 is 0 Å². The van der Waals surface area contributed by atoms with Gasteiger partial charge in [0.25, 0.3) is 0 Å². The van der Waals surface area contributed by atoms with Gasteiger partial charge in [0, 0.05) is 5.75 Å². The van der Waals surface area contributed by atoms with Crippen LogP contribution < -0.4 is 0 Å². The van der Waals surface area contributed by atoms with E-state index in [0.29, 0.717) is 5.75 Å². The van der Waals surface area contributed by atoms with E-state index >= 15 is 0 Å². The number of aromatic nitrogens is 4. The van der Waals surface area contributed by atoms with E-state index in [0.717, 1.165) is 16.7 Å². The van der Waals surface area contributed by atoms with Crippen molar-refractivity contribution in [2.24, 2.45) is 0 Å². The zero-order valence-corrected chi connectivity index (χ0v) is 6.55. The summed E-state index contributed by atoms with van der Waals surface area (Å²) in [6.45, 7) is 0. The highest BCUT2D eigenvalue weighted by atomic mass is 32.1. The van der Waals surface area contributed by atoms with Gasteiger partial charge in [-0.25, -0.2) is 9.97 Å². The molecule has 56 valence electrons. The topological polar surface area (TPSA) is 54.5 Å². The highest BCUT2D eigenvalue weighted by Crippen LogP contribution is 2.11. The van der Waals surface area contributed by atoms with Crippen LogP contribution in [0.3, 0.4) is 0 Å². The van der Waals surface area contributed by atoms with E-state index in [1.807, 2.05) is 0 Å². The van der Waals surface area contributed by atoms with Gasteiger partial charge in [0.1, 0.15) is 17.4 Å². The molecule has 0 radical (unpaired) electrons. The maximum absolute atomic E-state index is 4.12. The van der Waals surface area contributed by atoms with Crippen LogP contribution in [0.4, 0.5) is 0 Å². The molecule has 0 atom stereocenters. The SMILES string of the molecule is SCc1[nH]nc2cncnc12. The molecule has 0 aliphatic rings. The summed E-state index contributed by atoms with van der Waals surface area (Å²) in [6.07, 6.45) is 3.18. The molecule has 0 aromatic carbocycles. The summed E-state index contributed by atoms with van der Waals surface area (Å²) in [4.78, 5) is 7.90. The molecule has 0 unspecified atom stereocenters. The van der Waals surface area contributed by atoms with Crippen molar-refractivity contribution in [3.63, 3.8) is 0 Å². The summed E-state index contributed by atoms with van der Waals surface area (Å²) in [5.41, 5.74) is 2.58. The number of fused-ring (bicyclic) bond motifs is 1. The number of aromatic amines is 1. The molecule has 0 amide bonds. The van der Waals surface area contributed by atoms with Crippen molar-refractivity contribution in [2.75, 3.05) is 0 Å². The first kappa shape index (κ1) is 6.60. The first-order valence-electron chi connectivity index (χ1n) is 3.15. The molecule has 5 heteroatoms. The van der Waals surface area contributed by atoms with Crippen molar-refractivity contribution in [1.82, 2.24) is 20.2 Å². The van der Waals surface area contributed by atoms with Gasteiger partial charge >= 0.3 is 0 Å². The fraction of sp³-hybridized carbons (Fsp3) is 0.167. The molecule has 2 heterocycles. The zero-order valence-electron chi connectivity index (χ0n) is 5.65. The van der Waals surface area contributed by atoms with E-state index in [4.69, 9.17) is 0 Å². The summed E-state index contributed by atoms with van der Waals surface area (Å²) in [5.74, 6) is 0.619.